The van der Waals surface area contributed by atoms with Gasteiger partial charge < -0.3 is 0 Å². The van der Waals surface area contributed by atoms with Crippen LogP contribution >= 0.6 is 0 Å². The summed E-state index contributed by atoms with van der Waals surface area (Å²) in [5, 5.41) is 0. The predicted molar refractivity (Wildman–Crippen MR) is 57.2 cm³/mol. The van der Waals surface area contributed by atoms with Crippen LogP contribution in [0.5, 0.6) is 0 Å². The minimum atomic E-state index is -0.00378. The van der Waals surface area contributed by atoms with Crippen LogP contribution in [-0.4, -0.2) is 49.6 Å². The first-order valence-electron chi connectivity index (χ1n) is 5.34. The van der Waals surface area contributed by atoms with Crippen molar-refractivity contribution in [1.29, 1.82) is 0 Å². The van der Waals surface area contributed by atoms with E-state index in [2.05, 4.69) is 0 Å². The van der Waals surface area contributed by atoms with Crippen LogP contribution in [0.25, 0.3) is 0 Å². The average Bonchev–Trinajstić information content (AvgIpc) is 2.18. The molecule has 2 radical (unpaired) electrons. The van der Waals surface area contributed by atoms with Crippen LogP contribution in [0.2, 0.25) is 0 Å². The molecular weight excluding hydrogens is 290 g/mol. The molecule has 0 bridgehead atoms. The average molecular weight is 311 g/mol. The van der Waals surface area contributed by atoms with Crippen LogP contribution in [0.15, 0.2) is 0 Å². The van der Waals surface area contributed by atoms with Crippen molar-refractivity contribution in [3.8, 4) is 0 Å². The molecule has 0 amide bonds. The van der Waals surface area contributed by atoms with Crippen molar-refractivity contribution in [1.82, 2.24) is 0 Å². The van der Waals surface area contributed by atoms with Gasteiger partial charge in [-0.3, -0.25) is 0 Å². The molecular formula is C10H21O3Sb. The summed E-state index contributed by atoms with van der Waals surface area (Å²) in [5.41, 5.74) is 0. The van der Waals surface area contributed by atoms with Crippen molar-refractivity contribution < 1.29 is 12.5 Å². The molecule has 0 unspecified atom stereocenters. The van der Waals surface area contributed by atoms with Gasteiger partial charge in [0, 0.05) is 0 Å². The quantitative estimate of drug-likeness (QED) is 0.351. The third kappa shape index (κ3) is 9.26. The van der Waals surface area contributed by atoms with E-state index in [4.69, 9.17) is 12.5 Å². The van der Waals surface area contributed by atoms with Crippen molar-refractivity contribution in [2.24, 2.45) is 0 Å². The Balaban J connectivity index is 3.30. The van der Waals surface area contributed by atoms with Gasteiger partial charge in [-0.15, -0.1) is 0 Å². The van der Waals surface area contributed by atoms with Gasteiger partial charge in [0.2, 0.25) is 0 Å². The zero-order valence-electron chi connectivity index (χ0n) is 9.20. The van der Waals surface area contributed by atoms with Crippen LogP contribution in [-0.2, 0) is 12.5 Å². The van der Waals surface area contributed by atoms with Gasteiger partial charge in [-0.05, 0) is 0 Å². The van der Waals surface area contributed by atoms with E-state index in [1.54, 1.807) is 0 Å². The predicted octanol–water partition coefficient (Wildman–Crippen LogP) is 2.05. The van der Waals surface area contributed by atoms with Crippen molar-refractivity contribution in [2.75, 3.05) is 19.8 Å². The van der Waals surface area contributed by atoms with E-state index in [9.17, 15) is 0 Å². The molecule has 0 saturated carbocycles. The molecule has 0 aliphatic rings. The van der Waals surface area contributed by atoms with Crippen molar-refractivity contribution in [3.63, 3.8) is 0 Å². The normalized spacial score (nSPS) is 11.1. The fraction of sp³-hybridized carbons (Fsp3) is 1.00. The van der Waals surface area contributed by atoms with Crippen LogP contribution in [0, 0.1) is 0 Å². The Morgan fingerprint density at radius 3 is 2.14 bits per heavy atom. The molecule has 4 heteroatoms. The molecule has 0 aromatic heterocycles. The molecule has 0 heterocycles. The van der Waals surface area contributed by atoms with Gasteiger partial charge in [0.15, 0.2) is 0 Å². The number of unbranched alkanes of at least 4 members (excludes halogenated alkanes) is 2. The molecule has 3 nitrogen and oxygen atoms in total. The molecule has 14 heavy (non-hydrogen) atoms. The first-order chi connectivity index (χ1) is 6.85. The third-order valence-corrected chi connectivity index (χ3v) is 2.40. The molecule has 0 spiro atoms. The summed E-state index contributed by atoms with van der Waals surface area (Å²) >= 11 is 1.42. The Bertz CT molecular complexity index is 106. The van der Waals surface area contributed by atoms with Gasteiger partial charge in [0.1, 0.15) is 0 Å². The Morgan fingerprint density at radius 1 is 1.00 bits per heavy atom. The van der Waals surface area contributed by atoms with Crippen molar-refractivity contribution >= 4 is 23.4 Å². The third-order valence-electron chi connectivity index (χ3n) is 1.88. The van der Waals surface area contributed by atoms with Gasteiger partial charge >= 0.3 is 102 Å². The Kier molecular flexibility index (Phi) is 12.4. The van der Waals surface area contributed by atoms with E-state index in [1.165, 1.54) is 29.9 Å². The molecule has 84 valence electrons. The molecule has 0 rings (SSSR count). The molecule has 0 aliphatic carbocycles. The van der Waals surface area contributed by atoms with Gasteiger partial charge in [0.05, 0.1) is 0 Å². The monoisotopic (exact) mass is 310 g/mol. The van der Waals surface area contributed by atoms with E-state index < -0.39 is 0 Å². The summed E-state index contributed by atoms with van der Waals surface area (Å²) in [6.45, 7) is 6.33. The number of hydrogen-bond acceptors (Lipinski definition) is 3. The van der Waals surface area contributed by atoms with E-state index in [-0.39, 0.29) is 6.29 Å². The summed E-state index contributed by atoms with van der Waals surface area (Å²) in [7, 11) is 0. The zero-order valence-corrected chi connectivity index (χ0v) is 11.8. The van der Waals surface area contributed by atoms with Gasteiger partial charge in [-0.2, -0.15) is 0 Å². The van der Waals surface area contributed by atoms with Gasteiger partial charge in [0.25, 0.3) is 0 Å². The maximum atomic E-state index is 5.44. The molecule has 0 N–H and O–H groups in total. The number of rotatable bonds is 10. The second-order valence-electron chi connectivity index (χ2n) is 3.02. The van der Waals surface area contributed by atoms with Crippen LogP contribution in [0.3, 0.4) is 0 Å². The summed E-state index contributed by atoms with van der Waals surface area (Å²) in [4.78, 5) is 0. The van der Waals surface area contributed by atoms with E-state index in [0.29, 0.717) is 0 Å². The van der Waals surface area contributed by atoms with Crippen LogP contribution in [0.1, 0.15) is 39.5 Å². The first kappa shape index (κ1) is 14.7. The Morgan fingerprint density at radius 2 is 1.64 bits per heavy atom. The van der Waals surface area contributed by atoms with E-state index in [1.807, 2.05) is 13.8 Å². The van der Waals surface area contributed by atoms with Crippen molar-refractivity contribution in [3.05, 3.63) is 0 Å². The summed E-state index contributed by atoms with van der Waals surface area (Å²) < 4.78 is 15.9. The SMILES string of the molecule is CCOC(CCCCC[O][Sb])OCC. The van der Waals surface area contributed by atoms with Crippen LogP contribution in [0.4, 0.5) is 0 Å². The standard InChI is InChI=1S/C10H21O3.Sb/c1-3-12-10(13-4-2)8-6-5-7-9-11;/h10H,3-9H2,1-2H3;/q-1;+1. The zero-order chi connectivity index (χ0) is 10.6. The molecule has 0 aromatic rings. The van der Waals surface area contributed by atoms with Crippen molar-refractivity contribution in [2.45, 2.75) is 45.8 Å². The summed E-state index contributed by atoms with van der Waals surface area (Å²) in [5.74, 6) is 0. The molecule has 0 aliphatic heterocycles. The number of ether oxygens (including phenoxy) is 2. The minimum absolute atomic E-state index is 0.00378. The molecule has 0 aromatic carbocycles. The fourth-order valence-electron chi connectivity index (χ4n) is 1.24. The second-order valence-corrected chi connectivity index (χ2v) is 3.76. The second kappa shape index (κ2) is 11.8. The maximum absolute atomic E-state index is 5.44. The van der Waals surface area contributed by atoms with E-state index >= 15 is 0 Å². The fourth-order valence-corrected chi connectivity index (χ4v) is 1.61. The Labute approximate surface area is 102 Å². The topological polar surface area (TPSA) is 27.7 Å². The summed E-state index contributed by atoms with van der Waals surface area (Å²) in [6.07, 6.45) is 4.48. The molecule has 0 fully saturated rings. The molecule has 0 atom stereocenters. The van der Waals surface area contributed by atoms with Crippen LogP contribution < -0.4 is 0 Å². The summed E-state index contributed by atoms with van der Waals surface area (Å²) in [6, 6.07) is 0. The first-order valence-corrected chi connectivity index (χ1v) is 6.38. The van der Waals surface area contributed by atoms with Gasteiger partial charge in [-0.1, -0.05) is 0 Å². The Hall–Kier alpha value is 0.698. The number of hydrogen-bond donors (Lipinski definition) is 0. The molecule has 0 saturated heterocycles. The van der Waals surface area contributed by atoms with E-state index in [0.717, 1.165) is 39.1 Å². The van der Waals surface area contributed by atoms with Gasteiger partial charge in [-0.25, -0.2) is 0 Å².